The third-order valence-electron chi connectivity index (χ3n) is 4.93. The van der Waals surface area contributed by atoms with Gasteiger partial charge in [-0.15, -0.1) is 0 Å². The predicted molar refractivity (Wildman–Crippen MR) is 127 cm³/mol. The zero-order chi connectivity index (χ0) is 22.0. The number of aliphatic imine (C=N–C) groups is 1. The number of aryl methyl sites for hydroxylation is 1. The summed E-state index contributed by atoms with van der Waals surface area (Å²) in [5, 5.41) is 0. The van der Waals surface area contributed by atoms with Crippen LogP contribution in [0.25, 0.3) is 6.08 Å². The highest BCUT2D eigenvalue weighted by Gasteiger charge is 2.32. The number of hydrogen-bond acceptors (Lipinski definition) is 4. The Morgan fingerprint density at radius 2 is 1.68 bits per heavy atom. The van der Waals surface area contributed by atoms with Crippen LogP contribution in [0.1, 0.15) is 16.7 Å². The molecule has 5 nitrogen and oxygen atoms in total. The Morgan fingerprint density at radius 3 is 2.35 bits per heavy atom. The van der Waals surface area contributed by atoms with Crippen molar-refractivity contribution in [1.29, 1.82) is 0 Å². The minimum absolute atomic E-state index is 0.186. The lowest BCUT2D eigenvalue weighted by molar-refractivity contribution is -0.113. The lowest BCUT2D eigenvalue weighted by Gasteiger charge is -2.19. The monoisotopic (exact) mass is 476 g/mol. The fourth-order valence-corrected chi connectivity index (χ4v) is 3.69. The molecule has 0 saturated carbocycles. The molecule has 1 heterocycles. The number of ether oxygens (including phenoxy) is 2. The van der Waals surface area contributed by atoms with Crippen molar-refractivity contribution in [1.82, 2.24) is 0 Å². The van der Waals surface area contributed by atoms with E-state index < -0.39 is 0 Å². The number of amides is 1. The number of benzene rings is 3. The molecule has 0 N–H and O–H groups in total. The molecule has 4 rings (SSSR count). The molecule has 1 aliphatic rings. The van der Waals surface area contributed by atoms with Gasteiger partial charge in [0.2, 0.25) is 0 Å². The van der Waals surface area contributed by atoms with Gasteiger partial charge in [0.1, 0.15) is 11.5 Å². The molecule has 0 fully saturated rings. The molecular formula is C25H21BrN2O3. The van der Waals surface area contributed by atoms with Crippen LogP contribution in [0.15, 0.2) is 81.9 Å². The van der Waals surface area contributed by atoms with Crippen molar-refractivity contribution in [2.75, 3.05) is 19.1 Å². The summed E-state index contributed by atoms with van der Waals surface area (Å²) in [5.41, 5.74) is 3.88. The van der Waals surface area contributed by atoms with Crippen LogP contribution in [0.5, 0.6) is 11.5 Å². The zero-order valence-corrected chi connectivity index (χ0v) is 19.0. The number of halogens is 1. The predicted octanol–water partition coefficient (Wildman–Crippen LogP) is 5.61. The van der Waals surface area contributed by atoms with E-state index in [1.165, 1.54) is 0 Å². The highest BCUT2D eigenvalue weighted by Crippen LogP contribution is 2.32. The van der Waals surface area contributed by atoms with Gasteiger partial charge in [-0.1, -0.05) is 45.8 Å². The summed E-state index contributed by atoms with van der Waals surface area (Å²) in [6.07, 6.45) is 1.76. The Balaban J connectivity index is 1.81. The molecule has 0 aromatic heterocycles. The van der Waals surface area contributed by atoms with Crippen LogP contribution >= 0.6 is 15.9 Å². The van der Waals surface area contributed by atoms with E-state index in [2.05, 4.69) is 15.9 Å². The minimum Gasteiger partial charge on any atom is -0.493 e. The summed E-state index contributed by atoms with van der Waals surface area (Å²) in [6.45, 7) is 2.02. The Labute approximate surface area is 189 Å². The van der Waals surface area contributed by atoms with Gasteiger partial charge in [0.25, 0.3) is 5.91 Å². The first-order chi connectivity index (χ1) is 15.0. The van der Waals surface area contributed by atoms with Gasteiger partial charge in [0, 0.05) is 10.0 Å². The second-order valence-corrected chi connectivity index (χ2v) is 7.98. The topological polar surface area (TPSA) is 51.1 Å². The summed E-state index contributed by atoms with van der Waals surface area (Å²) < 4.78 is 11.6. The van der Waals surface area contributed by atoms with Gasteiger partial charge < -0.3 is 9.47 Å². The maximum absolute atomic E-state index is 13.4. The first kappa shape index (κ1) is 20.9. The molecule has 6 heteroatoms. The Morgan fingerprint density at radius 1 is 0.935 bits per heavy atom. The molecule has 0 aliphatic carbocycles. The van der Waals surface area contributed by atoms with Gasteiger partial charge in [-0.3, -0.25) is 9.69 Å². The maximum Gasteiger partial charge on any atom is 0.282 e. The molecule has 0 saturated heterocycles. The standard InChI is InChI=1S/C25H21BrN2O3/c1-16-5-4-6-18(13-16)24-27-21(14-17-7-12-22(30-2)23(15-17)31-3)25(29)28(24)20-10-8-19(26)9-11-20/h4-15H,1-3H3/b21-14+. The molecule has 0 radical (unpaired) electrons. The van der Waals surface area contributed by atoms with Crippen molar-refractivity contribution in [3.05, 3.63) is 93.6 Å². The summed E-state index contributed by atoms with van der Waals surface area (Å²) >= 11 is 3.45. The van der Waals surface area contributed by atoms with Crippen LogP contribution in [0.4, 0.5) is 5.69 Å². The minimum atomic E-state index is -0.186. The number of hydrogen-bond donors (Lipinski definition) is 0. The van der Waals surface area contributed by atoms with Crippen LogP contribution in [0, 0.1) is 6.92 Å². The zero-order valence-electron chi connectivity index (χ0n) is 17.4. The summed E-state index contributed by atoms with van der Waals surface area (Å²) in [7, 11) is 3.17. The van der Waals surface area contributed by atoms with Crippen molar-refractivity contribution >= 4 is 39.4 Å². The fourth-order valence-electron chi connectivity index (χ4n) is 3.42. The first-order valence-electron chi connectivity index (χ1n) is 9.69. The van der Waals surface area contributed by atoms with Crippen molar-refractivity contribution in [3.8, 4) is 11.5 Å². The first-order valence-corrected chi connectivity index (χ1v) is 10.5. The normalized spacial score (nSPS) is 14.7. The molecule has 0 unspecified atom stereocenters. The van der Waals surface area contributed by atoms with Crippen molar-refractivity contribution in [2.45, 2.75) is 6.92 Å². The number of carbonyl (C=O) groups is 1. The lowest BCUT2D eigenvalue weighted by Crippen LogP contribution is -2.32. The van der Waals surface area contributed by atoms with Gasteiger partial charge in [-0.25, -0.2) is 4.99 Å². The third-order valence-corrected chi connectivity index (χ3v) is 5.46. The van der Waals surface area contributed by atoms with Crippen LogP contribution < -0.4 is 14.4 Å². The molecular weight excluding hydrogens is 456 g/mol. The van der Waals surface area contributed by atoms with E-state index in [4.69, 9.17) is 14.5 Å². The molecule has 3 aromatic carbocycles. The number of rotatable bonds is 5. The highest BCUT2D eigenvalue weighted by molar-refractivity contribution is 9.10. The van der Waals surface area contributed by atoms with Crippen molar-refractivity contribution < 1.29 is 14.3 Å². The SMILES string of the molecule is COc1ccc(/C=C2/N=C(c3cccc(C)c3)N(c3ccc(Br)cc3)C2=O)cc1OC. The van der Waals surface area contributed by atoms with E-state index in [1.54, 1.807) is 25.2 Å². The maximum atomic E-state index is 13.4. The fraction of sp³-hybridized carbons (Fsp3) is 0.120. The summed E-state index contributed by atoms with van der Waals surface area (Å²) in [5.74, 6) is 1.63. The van der Waals surface area contributed by atoms with Gasteiger partial charge in [0.15, 0.2) is 11.5 Å². The third kappa shape index (κ3) is 4.25. The van der Waals surface area contributed by atoms with E-state index in [9.17, 15) is 4.79 Å². The summed E-state index contributed by atoms with van der Waals surface area (Å²) in [6, 6.07) is 21.1. The van der Waals surface area contributed by atoms with Gasteiger partial charge >= 0.3 is 0 Å². The Bertz CT molecular complexity index is 1200. The Kier molecular flexibility index (Phi) is 5.91. The van der Waals surface area contributed by atoms with E-state index in [0.717, 1.165) is 26.9 Å². The van der Waals surface area contributed by atoms with E-state index in [1.807, 2.05) is 73.7 Å². The van der Waals surface area contributed by atoms with Crippen LogP contribution in [-0.4, -0.2) is 26.0 Å². The summed E-state index contributed by atoms with van der Waals surface area (Å²) in [4.78, 5) is 19.8. The molecule has 156 valence electrons. The highest BCUT2D eigenvalue weighted by atomic mass is 79.9. The lowest BCUT2D eigenvalue weighted by atomic mass is 10.1. The molecule has 0 atom stereocenters. The number of amidine groups is 1. The Hall–Kier alpha value is -3.38. The molecule has 1 aliphatic heterocycles. The molecule has 3 aromatic rings. The number of methoxy groups -OCH3 is 2. The van der Waals surface area contributed by atoms with Crippen molar-refractivity contribution in [2.24, 2.45) is 4.99 Å². The van der Waals surface area contributed by atoms with Gasteiger partial charge in [0.05, 0.1) is 19.9 Å². The molecule has 0 bridgehead atoms. The molecule has 31 heavy (non-hydrogen) atoms. The average Bonchev–Trinajstić information content (AvgIpc) is 3.10. The smallest absolute Gasteiger partial charge is 0.282 e. The van der Waals surface area contributed by atoms with E-state index in [-0.39, 0.29) is 5.91 Å². The second-order valence-electron chi connectivity index (χ2n) is 7.07. The van der Waals surface area contributed by atoms with E-state index in [0.29, 0.717) is 23.0 Å². The van der Waals surface area contributed by atoms with Crippen LogP contribution in [0.3, 0.4) is 0 Å². The van der Waals surface area contributed by atoms with Crippen LogP contribution in [0.2, 0.25) is 0 Å². The number of anilines is 1. The van der Waals surface area contributed by atoms with Crippen LogP contribution in [-0.2, 0) is 4.79 Å². The number of carbonyl (C=O) groups excluding carboxylic acids is 1. The van der Waals surface area contributed by atoms with Crippen molar-refractivity contribution in [3.63, 3.8) is 0 Å². The van der Waals surface area contributed by atoms with E-state index >= 15 is 0 Å². The average molecular weight is 477 g/mol. The van der Waals surface area contributed by atoms with Gasteiger partial charge in [-0.05, 0) is 61.0 Å². The number of nitrogens with zero attached hydrogens (tertiary/aromatic N) is 2. The second kappa shape index (κ2) is 8.78. The molecule has 0 spiro atoms. The largest absolute Gasteiger partial charge is 0.493 e. The van der Waals surface area contributed by atoms with Gasteiger partial charge in [-0.2, -0.15) is 0 Å². The quantitative estimate of drug-likeness (QED) is 0.449. The molecule has 1 amide bonds.